The normalized spacial score (nSPS) is 13.6. The summed E-state index contributed by atoms with van der Waals surface area (Å²) >= 11 is 3.44. The molecule has 1 aliphatic heterocycles. The zero-order chi connectivity index (χ0) is 19.2. The molecule has 0 unspecified atom stereocenters. The van der Waals surface area contributed by atoms with Crippen LogP contribution >= 0.6 is 23.1 Å². The average molecular weight is 410 g/mol. The average Bonchev–Trinajstić information content (AvgIpc) is 3.45. The molecular weight excluding hydrogens is 386 g/mol. The van der Waals surface area contributed by atoms with Crippen molar-refractivity contribution in [2.24, 2.45) is 0 Å². The maximum Gasteiger partial charge on any atom is 0.252 e. The Bertz CT molecular complexity index is 904. The minimum Gasteiger partial charge on any atom is -0.357 e. The number of benzene rings is 1. The van der Waals surface area contributed by atoms with Crippen molar-refractivity contribution in [3.8, 4) is 0 Å². The van der Waals surface area contributed by atoms with Crippen molar-refractivity contribution in [1.82, 2.24) is 10.3 Å². The van der Waals surface area contributed by atoms with Gasteiger partial charge in [-0.05, 0) is 48.1 Å². The minimum atomic E-state index is -0.0436. The van der Waals surface area contributed by atoms with Gasteiger partial charge in [0.2, 0.25) is 0 Å². The fourth-order valence-electron chi connectivity index (χ4n) is 3.26. The smallest absolute Gasteiger partial charge is 0.252 e. The number of hydrogen-bond donors (Lipinski definition) is 1. The monoisotopic (exact) mass is 409 g/mol. The molecule has 0 atom stereocenters. The van der Waals surface area contributed by atoms with E-state index in [0.29, 0.717) is 6.54 Å². The molecule has 3 heterocycles. The first-order valence-electron chi connectivity index (χ1n) is 9.52. The van der Waals surface area contributed by atoms with Crippen LogP contribution in [0.3, 0.4) is 0 Å². The van der Waals surface area contributed by atoms with Crippen molar-refractivity contribution in [2.45, 2.75) is 30.0 Å². The summed E-state index contributed by atoms with van der Waals surface area (Å²) in [5, 5.41) is 5.12. The van der Waals surface area contributed by atoms with Crippen LogP contribution in [-0.2, 0) is 12.3 Å². The van der Waals surface area contributed by atoms with E-state index in [2.05, 4.69) is 44.8 Å². The predicted molar refractivity (Wildman–Crippen MR) is 117 cm³/mol. The molecule has 0 bridgehead atoms. The number of thiophene rings is 1. The molecule has 1 fully saturated rings. The second-order valence-corrected chi connectivity index (χ2v) is 8.82. The van der Waals surface area contributed by atoms with Gasteiger partial charge in [0.15, 0.2) is 0 Å². The molecule has 1 saturated heterocycles. The van der Waals surface area contributed by atoms with Gasteiger partial charge in [0.25, 0.3) is 5.91 Å². The van der Waals surface area contributed by atoms with E-state index in [1.165, 1.54) is 17.7 Å². The van der Waals surface area contributed by atoms with Gasteiger partial charge in [-0.3, -0.25) is 4.79 Å². The summed E-state index contributed by atoms with van der Waals surface area (Å²) in [4.78, 5) is 21.9. The molecule has 1 amide bonds. The van der Waals surface area contributed by atoms with Gasteiger partial charge in [-0.15, -0.1) is 23.1 Å². The number of amides is 1. The first-order valence-corrected chi connectivity index (χ1v) is 11.4. The van der Waals surface area contributed by atoms with Gasteiger partial charge in [0, 0.05) is 41.4 Å². The maximum absolute atomic E-state index is 12.7. The molecule has 1 N–H and O–H groups in total. The van der Waals surface area contributed by atoms with Crippen molar-refractivity contribution in [3.63, 3.8) is 0 Å². The summed E-state index contributed by atoms with van der Waals surface area (Å²) in [6, 6.07) is 16.1. The first kappa shape index (κ1) is 19.0. The molecule has 0 spiro atoms. The second-order valence-electron chi connectivity index (χ2n) is 6.77. The highest BCUT2D eigenvalue weighted by Gasteiger charge is 2.14. The van der Waals surface area contributed by atoms with Crippen LogP contribution in [0.1, 0.15) is 33.6 Å². The van der Waals surface area contributed by atoms with E-state index >= 15 is 0 Å². The van der Waals surface area contributed by atoms with E-state index < -0.39 is 0 Å². The third-order valence-electron chi connectivity index (χ3n) is 4.77. The summed E-state index contributed by atoms with van der Waals surface area (Å²) in [7, 11) is 0. The number of hydrogen-bond acceptors (Lipinski definition) is 5. The molecule has 4 rings (SSSR count). The Labute approximate surface area is 174 Å². The molecule has 1 aromatic carbocycles. The summed E-state index contributed by atoms with van der Waals surface area (Å²) in [6.07, 6.45) is 4.35. The standard InChI is InChI=1S/C22H23N3OS2/c26-22(19-7-1-2-8-20(19)28-16-18-6-5-13-27-18)24-15-17-9-10-21(23-14-17)25-11-3-4-12-25/h1-2,5-10,13-14H,3-4,11-12,15-16H2,(H,24,26). The molecule has 4 nitrogen and oxygen atoms in total. The van der Waals surface area contributed by atoms with Gasteiger partial charge in [-0.25, -0.2) is 4.98 Å². The van der Waals surface area contributed by atoms with Crippen molar-refractivity contribution in [3.05, 3.63) is 76.1 Å². The van der Waals surface area contributed by atoms with Crippen LogP contribution < -0.4 is 10.2 Å². The molecule has 2 aromatic heterocycles. The van der Waals surface area contributed by atoms with Gasteiger partial charge < -0.3 is 10.2 Å². The molecule has 6 heteroatoms. The van der Waals surface area contributed by atoms with Crippen molar-refractivity contribution >= 4 is 34.8 Å². The van der Waals surface area contributed by atoms with E-state index in [0.717, 1.165) is 40.7 Å². The van der Waals surface area contributed by atoms with Crippen molar-refractivity contribution in [2.75, 3.05) is 18.0 Å². The Balaban J connectivity index is 1.35. The lowest BCUT2D eigenvalue weighted by Crippen LogP contribution is -2.24. The van der Waals surface area contributed by atoms with E-state index in [9.17, 15) is 4.79 Å². The van der Waals surface area contributed by atoms with Crippen LogP contribution in [-0.4, -0.2) is 24.0 Å². The van der Waals surface area contributed by atoms with E-state index in [-0.39, 0.29) is 5.91 Å². The Morgan fingerprint density at radius 3 is 2.71 bits per heavy atom. The zero-order valence-corrected chi connectivity index (χ0v) is 17.3. The highest BCUT2D eigenvalue weighted by molar-refractivity contribution is 7.98. The lowest BCUT2D eigenvalue weighted by atomic mass is 10.2. The topological polar surface area (TPSA) is 45.2 Å². The zero-order valence-electron chi connectivity index (χ0n) is 15.6. The lowest BCUT2D eigenvalue weighted by molar-refractivity contribution is 0.0948. The van der Waals surface area contributed by atoms with Crippen LogP contribution in [0.15, 0.2) is 65.0 Å². The first-order chi connectivity index (χ1) is 13.8. The minimum absolute atomic E-state index is 0.0436. The van der Waals surface area contributed by atoms with Gasteiger partial charge in [0.1, 0.15) is 5.82 Å². The predicted octanol–water partition coefficient (Wildman–Crippen LogP) is 4.97. The number of nitrogens with one attached hydrogen (secondary N) is 1. The number of anilines is 1. The lowest BCUT2D eigenvalue weighted by Gasteiger charge is -2.16. The number of rotatable bonds is 7. The fourth-order valence-corrected chi connectivity index (χ4v) is 5.08. The second kappa shape index (κ2) is 9.26. The van der Waals surface area contributed by atoms with Gasteiger partial charge >= 0.3 is 0 Å². The molecule has 0 radical (unpaired) electrons. The van der Waals surface area contributed by atoms with Crippen LogP contribution in [0.5, 0.6) is 0 Å². The molecule has 0 aliphatic carbocycles. The highest BCUT2D eigenvalue weighted by Crippen LogP contribution is 2.28. The largest absolute Gasteiger partial charge is 0.357 e. The van der Waals surface area contributed by atoms with Gasteiger partial charge in [-0.2, -0.15) is 0 Å². The molecule has 3 aromatic rings. The number of pyridine rings is 1. The summed E-state index contributed by atoms with van der Waals surface area (Å²) in [5.41, 5.74) is 1.74. The van der Waals surface area contributed by atoms with E-state index in [1.54, 1.807) is 23.1 Å². The Kier molecular flexibility index (Phi) is 6.29. The number of nitrogens with zero attached hydrogens (tertiary/aromatic N) is 2. The number of thioether (sulfide) groups is 1. The summed E-state index contributed by atoms with van der Waals surface area (Å²) in [5.74, 6) is 1.87. The molecule has 144 valence electrons. The van der Waals surface area contributed by atoms with E-state index in [4.69, 9.17) is 0 Å². The van der Waals surface area contributed by atoms with Crippen LogP contribution in [0.25, 0.3) is 0 Å². The quantitative estimate of drug-likeness (QED) is 0.560. The number of aromatic nitrogens is 1. The summed E-state index contributed by atoms with van der Waals surface area (Å²) < 4.78 is 0. The third kappa shape index (κ3) is 4.75. The highest BCUT2D eigenvalue weighted by atomic mass is 32.2. The third-order valence-corrected chi connectivity index (χ3v) is 6.96. The maximum atomic E-state index is 12.7. The van der Waals surface area contributed by atoms with Crippen LogP contribution in [0.4, 0.5) is 5.82 Å². The Morgan fingerprint density at radius 1 is 1.11 bits per heavy atom. The summed E-state index contributed by atoms with van der Waals surface area (Å²) in [6.45, 7) is 2.65. The van der Waals surface area contributed by atoms with Crippen LogP contribution in [0.2, 0.25) is 0 Å². The molecular formula is C22H23N3OS2. The Morgan fingerprint density at radius 2 is 1.96 bits per heavy atom. The number of carbonyl (C=O) groups excluding carboxylic acids is 1. The van der Waals surface area contributed by atoms with Gasteiger partial charge in [0.05, 0.1) is 5.56 Å². The Hall–Kier alpha value is -2.31. The number of carbonyl (C=O) groups is 1. The molecule has 1 aliphatic rings. The molecule has 28 heavy (non-hydrogen) atoms. The fraction of sp³-hybridized carbons (Fsp3) is 0.273. The molecule has 0 saturated carbocycles. The van der Waals surface area contributed by atoms with Crippen LogP contribution in [0, 0.1) is 0 Å². The SMILES string of the molecule is O=C(NCc1ccc(N2CCCC2)nc1)c1ccccc1SCc1cccs1. The van der Waals surface area contributed by atoms with E-state index in [1.807, 2.05) is 30.5 Å². The van der Waals surface area contributed by atoms with Crippen molar-refractivity contribution < 1.29 is 4.79 Å². The van der Waals surface area contributed by atoms with Gasteiger partial charge in [-0.1, -0.05) is 24.3 Å². The van der Waals surface area contributed by atoms with Crippen molar-refractivity contribution in [1.29, 1.82) is 0 Å².